The van der Waals surface area contributed by atoms with Gasteiger partial charge >= 0.3 is 24.9 Å². The van der Waals surface area contributed by atoms with Gasteiger partial charge in [-0.1, -0.05) is 0 Å². The van der Waals surface area contributed by atoms with Crippen LogP contribution in [0, 0.1) is 0 Å². The average molecular weight is 254 g/mol. The van der Waals surface area contributed by atoms with Gasteiger partial charge in [-0.15, -0.1) is 0 Å². The quantitative estimate of drug-likeness (QED) is 0.258. The minimum Gasteiger partial charge on any atom is -0.790 e. The Morgan fingerprint density at radius 3 is 1.64 bits per heavy atom. The molecule has 0 saturated heterocycles. The standard InChI is InChI=1S/Cu.H4O8P2/c;1-7-10(5,6)8-9(2,3)4/h;1H,(H,5,6)(H2,2,3,4)/q+3;/p-3. The summed E-state index contributed by atoms with van der Waals surface area (Å²) < 4.78 is 24.5. The molecule has 1 N–H and O–H groups in total. The Bertz CT molecular complexity index is 190. The van der Waals surface area contributed by atoms with Crippen LogP contribution < -0.4 is 14.7 Å². The van der Waals surface area contributed by atoms with Crippen molar-refractivity contribution in [3.05, 3.63) is 0 Å². The van der Waals surface area contributed by atoms with Crippen LogP contribution in [-0.4, -0.2) is 5.26 Å². The van der Waals surface area contributed by atoms with Gasteiger partial charge in [-0.2, -0.15) is 4.67 Å². The summed E-state index contributed by atoms with van der Waals surface area (Å²) in [6, 6.07) is 0. The fraction of sp³-hybridized carbons (Fsp3) is 0. The summed E-state index contributed by atoms with van der Waals surface area (Å²) in [5.41, 5.74) is 0. The molecule has 1 unspecified atom stereocenters. The molecule has 11 heteroatoms. The van der Waals surface area contributed by atoms with Gasteiger partial charge in [0.05, 0.1) is 7.82 Å². The van der Waals surface area contributed by atoms with Crippen molar-refractivity contribution >= 4 is 15.6 Å². The third-order valence-electron chi connectivity index (χ3n) is 0.300. The van der Waals surface area contributed by atoms with Gasteiger partial charge in [0.2, 0.25) is 0 Å². The molecule has 0 aliphatic carbocycles. The van der Waals surface area contributed by atoms with Gasteiger partial charge in [-0.3, -0.25) is 8.88 Å². The fourth-order valence-electron chi connectivity index (χ4n) is 0.137. The van der Waals surface area contributed by atoms with Crippen LogP contribution in [0.4, 0.5) is 0 Å². The second-order valence-electron chi connectivity index (χ2n) is 1.06. The Balaban J connectivity index is 0. The van der Waals surface area contributed by atoms with Crippen LogP contribution in [0.5, 0.6) is 0 Å². The predicted molar refractivity (Wildman–Crippen MR) is 20.0 cm³/mol. The molecule has 8 nitrogen and oxygen atoms in total. The van der Waals surface area contributed by atoms with Crippen molar-refractivity contribution in [1.82, 2.24) is 0 Å². The van der Waals surface area contributed by atoms with Crippen molar-refractivity contribution in [3.63, 3.8) is 0 Å². The Kier molecular flexibility index (Phi) is 6.08. The van der Waals surface area contributed by atoms with Crippen molar-refractivity contribution in [2.45, 2.75) is 0 Å². The summed E-state index contributed by atoms with van der Waals surface area (Å²) in [7, 11) is -11.0. The fourth-order valence-corrected chi connectivity index (χ4v) is 1.24. The molecule has 0 aliphatic heterocycles. The molecule has 0 radical (unpaired) electrons. The minimum absolute atomic E-state index is 0. The van der Waals surface area contributed by atoms with E-state index in [0.29, 0.717) is 0 Å². The van der Waals surface area contributed by atoms with E-state index in [1.54, 1.807) is 0 Å². The Labute approximate surface area is 71.4 Å². The van der Waals surface area contributed by atoms with Crippen LogP contribution in [0.2, 0.25) is 0 Å². The van der Waals surface area contributed by atoms with Crippen molar-refractivity contribution in [1.29, 1.82) is 0 Å². The zero-order valence-electron chi connectivity index (χ0n) is 4.50. The largest absolute Gasteiger partial charge is 3.00 e. The third-order valence-corrected chi connectivity index (χ3v) is 2.10. The van der Waals surface area contributed by atoms with Crippen LogP contribution >= 0.6 is 15.6 Å². The van der Waals surface area contributed by atoms with E-state index in [4.69, 9.17) is 5.26 Å². The monoisotopic (exact) mass is 254 g/mol. The van der Waals surface area contributed by atoms with E-state index in [-0.39, 0.29) is 17.1 Å². The topological polar surface area (TPSA) is 142 Å². The van der Waals surface area contributed by atoms with Crippen molar-refractivity contribution in [3.8, 4) is 0 Å². The molecule has 0 aliphatic rings. The molecule has 0 saturated carbocycles. The normalized spacial score (nSPS) is 16.7. The van der Waals surface area contributed by atoms with Gasteiger partial charge in [0, 0.05) is 0 Å². The van der Waals surface area contributed by atoms with Gasteiger partial charge in [-0.25, -0.2) is 5.26 Å². The summed E-state index contributed by atoms with van der Waals surface area (Å²) in [4.78, 5) is 28.8. The van der Waals surface area contributed by atoms with E-state index >= 15 is 0 Å². The van der Waals surface area contributed by atoms with Crippen LogP contribution in [0.3, 0.4) is 0 Å². The first kappa shape index (κ1) is 14.3. The third kappa shape index (κ3) is 8.65. The van der Waals surface area contributed by atoms with Crippen molar-refractivity contribution in [2.75, 3.05) is 0 Å². The van der Waals surface area contributed by atoms with E-state index in [9.17, 15) is 23.8 Å². The number of phosphoric acid groups is 2. The van der Waals surface area contributed by atoms with Gasteiger partial charge in [0.15, 0.2) is 0 Å². The second-order valence-corrected chi connectivity index (χ2v) is 3.66. The van der Waals surface area contributed by atoms with E-state index in [1.165, 1.54) is 0 Å². The molecule has 0 amide bonds. The summed E-state index contributed by atoms with van der Waals surface area (Å²) in [5.74, 6) is 0. The average Bonchev–Trinajstić information content (AvgIpc) is 1.60. The molecule has 0 heterocycles. The van der Waals surface area contributed by atoms with Crippen LogP contribution in [0.25, 0.3) is 0 Å². The molecule has 0 aromatic rings. The molecule has 1 atom stereocenters. The smallest absolute Gasteiger partial charge is 0.790 e. The molecule has 0 spiro atoms. The summed E-state index contributed by atoms with van der Waals surface area (Å²) in [5, 5.41) is 7.36. The van der Waals surface area contributed by atoms with Crippen LogP contribution in [-0.2, 0) is 35.2 Å². The van der Waals surface area contributed by atoms with Crippen molar-refractivity contribution < 1.29 is 55.1 Å². The zero-order valence-corrected chi connectivity index (χ0v) is 7.23. The number of hydrogen-bond acceptors (Lipinski definition) is 8. The second kappa shape index (κ2) is 4.69. The Hall–Kier alpha value is 0.739. The maximum Gasteiger partial charge on any atom is 3.00 e. The minimum atomic E-state index is -5.66. The van der Waals surface area contributed by atoms with E-state index in [0.717, 1.165) is 0 Å². The maximum absolute atomic E-state index is 9.78. The van der Waals surface area contributed by atoms with Gasteiger partial charge < -0.3 is 19.2 Å². The number of rotatable bonds is 3. The van der Waals surface area contributed by atoms with Crippen molar-refractivity contribution in [2.24, 2.45) is 0 Å². The van der Waals surface area contributed by atoms with E-state index in [2.05, 4.69) is 8.99 Å². The molecule has 70 valence electrons. The SMILES string of the molecule is O=P([O-])([O-])OP(=O)([O-])OO.[Cu+3]. The van der Waals surface area contributed by atoms with Crippen LogP contribution in [0.1, 0.15) is 0 Å². The van der Waals surface area contributed by atoms with Crippen LogP contribution in [0.15, 0.2) is 0 Å². The van der Waals surface area contributed by atoms with E-state index < -0.39 is 15.6 Å². The molecular formula is HCuO8P2. The maximum atomic E-state index is 9.78. The molecule has 11 heavy (non-hydrogen) atoms. The van der Waals surface area contributed by atoms with Gasteiger partial charge in [0.1, 0.15) is 0 Å². The first-order valence-electron chi connectivity index (χ1n) is 1.64. The molecule has 0 fully saturated rings. The summed E-state index contributed by atoms with van der Waals surface area (Å²) in [6.45, 7) is 0. The first-order chi connectivity index (χ1) is 4.27. The zero-order chi connectivity index (χ0) is 8.41. The number of hydrogen-bond donors (Lipinski definition) is 1. The molecule has 0 bridgehead atoms. The Morgan fingerprint density at radius 2 is 1.55 bits per heavy atom. The molecule has 0 aromatic carbocycles. The Morgan fingerprint density at radius 1 is 1.18 bits per heavy atom. The molecular weight excluding hydrogens is 253 g/mol. The summed E-state index contributed by atoms with van der Waals surface area (Å²) >= 11 is 0. The van der Waals surface area contributed by atoms with Gasteiger partial charge in [0.25, 0.3) is 0 Å². The van der Waals surface area contributed by atoms with Gasteiger partial charge in [-0.05, 0) is 0 Å². The molecule has 0 aromatic heterocycles. The summed E-state index contributed by atoms with van der Waals surface area (Å²) in [6.07, 6.45) is 0. The van der Waals surface area contributed by atoms with E-state index in [1.807, 2.05) is 0 Å². The predicted octanol–water partition coefficient (Wildman–Crippen LogP) is -2.21. The molecule has 0 rings (SSSR count). The first-order valence-corrected chi connectivity index (χ1v) is 4.56.